The third-order valence-electron chi connectivity index (χ3n) is 4.04. The van der Waals surface area contributed by atoms with Gasteiger partial charge in [-0.15, -0.1) is 0 Å². The van der Waals surface area contributed by atoms with Crippen molar-refractivity contribution in [3.8, 4) is 0 Å². The minimum absolute atomic E-state index is 0.501. The summed E-state index contributed by atoms with van der Waals surface area (Å²) in [6, 6.07) is 2.74. The molecule has 1 aliphatic rings. The maximum absolute atomic E-state index is 4.20. The molecule has 0 aromatic carbocycles. The van der Waals surface area contributed by atoms with Gasteiger partial charge in [-0.2, -0.15) is 0 Å². The Hall–Kier alpha value is -0.890. The van der Waals surface area contributed by atoms with E-state index in [2.05, 4.69) is 44.1 Å². The number of aromatic nitrogens is 1. The maximum atomic E-state index is 4.20. The quantitative estimate of drug-likeness (QED) is 0.865. The molecule has 1 aromatic heterocycles. The van der Waals surface area contributed by atoms with Crippen molar-refractivity contribution in [3.63, 3.8) is 0 Å². The molecule has 1 N–H and O–H groups in total. The molecule has 2 nitrogen and oxygen atoms in total. The molecule has 1 aromatic rings. The molecule has 2 atom stereocenters. The molecule has 0 bridgehead atoms. The number of aryl methyl sites for hydroxylation is 1. The Morgan fingerprint density at radius 2 is 2.18 bits per heavy atom. The SMILES string of the molecule is Cc1ccncc1CNC1CC(C)(C)CC1C. The number of hydrogen-bond donors (Lipinski definition) is 1. The van der Waals surface area contributed by atoms with Crippen molar-refractivity contribution in [2.75, 3.05) is 0 Å². The van der Waals surface area contributed by atoms with E-state index >= 15 is 0 Å². The molecular formula is C15H24N2. The van der Waals surface area contributed by atoms with Crippen molar-refractivity contribution >= 4 is 0 Å². The number of hydrogen-bond acceptors (Lipinski definition) is 2. The van der Waals surface area contributed by atoms with Gasteiger partial charge in [-0.3, -0.25) is 4.98 Å². The molecule has 1 fully saturated rings. The standard InChI is InChI=1S/C15H24N2/c1-11-5-6-16-9-13(11)10-17-14-8-15(3,4)7-12(14)2/h5-6,9,12,14,17H,7-8,10H2,1-4H3. The Morgan fingerprint density at radius 1 is 1.41 bits per heavy atom. The number of nitrogens with one attached hydrogen (secondary N) is 1. The summed E-state index contributed by atoms with van der Waals surface area (Å²) in [7, 11) is 0. The number of nitrogens with zero attached hydrogens (tertiary/aromatic N) is 1. The Labute approximate surface area is 105 Å². The molecule has 17 heavy (non-hydrogen) atoms. The van der Waals surface area contributed by atoms with Crippen LogP contribution in [0.25, 0.3) is 0 Å². The van der Waals surface area contributed by atoms with Gasteiger partial charge in [-0.1, -0.05) is 20.8 Å². The Bertz CT molecular complexity index is 384. The van der Waals surface area contributed by atoms with E-state index in [-0.39, 0.29) is 0 Å². The first-order chi connectivity index (χ1) is 7.98. The highest BCUT2D eigenvalue weighted by atomic mass is 14.9. The molecule has 0 saturated heterocycles. The maximum Gasteiger partial charge on any atom is 0.0315 e. The van der Waals surface area contributed by atoms with Crippen molar-refractivity contribution in [2.24, 2.45) is 11.3 Å². The molecule has 1 heterocycles. The van der Waals surface area contributed by atoms with Gasteiger partial charge >= 0.3 is 0 Å². The van der Waals surface area contributed by atoms with Crippen molar-refractivity contribution in [1.82, 2.24) is 10.3 Å². The lowest BCUT2D eigenvalue weighted by Crippen LogP contribution is -2.31. The van der Waals surface area contributed by atoms with E-state index in [4.69, 9.17) is 0 Å². The lowest BCUT2D eigenvalue weighted by molar-refractivity contribution is 0.362. The molecule has 0 amide bonds. The second kappa shape index (κ2) is 4.77. The van der Waals surface area contributed by atoms with Crippen molar-refractivity contribution in [1.29, 1.82) is 0 Å². The molecule has 94 valence electrons. The third-order valence-corrected chi connectivity index (χ3v) is 4.04. The average molecular weight is 232 g/mol. The lowest BCUT2D eigenvalue weighted by Gasteiger charge is -2.19. The van der Waals surface area contributed by atoms with Gasteiger partial charge in [0.25, 0.3) is 0 Å². The molecule has 0 aliphatic heterocycles. The van der Waals surface area contributed by atoms with Gasteiger partial charge in [-0.05, 0) is 48.3 Å². The number of pyridine rings is 1. The summed E-state index contributed by atoms with van der Waals surface area (Å²) in [5.74, 6) is 0.780. The molecular weight excluding hydrogens is 208 g/mol. The summed E-state index contributed by atoms with van der Waals surface area (Å²) >= 11 is 0. The first-order valence-electron chi connectivity index (χ1n) is 6.61. The van der Waals surface area contributed by atoms with Gasteiger partial charge in [0.05, 0.1) is 0 Å². The molecule has 2 unspecified atom stereocenters. The summed E-state index contributed by atoms with van der Waals surface area (Å²) in [5.41, 5.74) is 3.16. The Morgan fingerprint density at radius 3 is 2.76 bits per heavy atom. The van der Waals surface area contributed by atoms with Crippen molar-refractivity contribution < 1.29 is 0 Å². The van der Waals surface area contributed by atoms with E-state index in [1.807, 2.05) is 12.4 Å². The summed E-state index contributed by atoms with van der Waals surface area (Å²) in [6.07, 6.45) is 6.46. The minimum Gasteiger partial charge on any atom is -0.310 e. The molecule has 1 saturated carbocycles. The summed E-state index contributed by atoms with van der Waals surface area (Å²) in [5, 5.41) is 3.70. The zero-order valence-corrected chi connectivity index (χ0v) is 11.5. The Balaban J connectivity index is 1.93. The zero-order valence-electron chi connectivity index (χ0n) is 11.5. The van der Waals surface area contributed by atoms with E-state index in [9.17, 15) is 0 Å². The fraction of sp³-hybridized carbons (Fsp3) is 0.667. The topological polar surface area (TPSA) is 24.9 Å². The summed E-state index contributed by atoms with van der Waals surface area (Å²) in [6.45, 7) is 10.2. The predicted octanol–water partition coefficient (Wildman–Crippen LogP) is 3.30. The zero-order chi connectivity index (χ0) is 12.5. The van der Waals surface area contributed by atoms with Crippen LogP contribution in [-0.4, -0.2) is 11.0 Å². The van der Waals surface area contributed by atoms with Gasteiger partial charge in [0.2, 0.25) is 0 Å². The van der Waals surface area contributed by atoms with Crippen LogP contribution in [0.5, 0.6) is 0 Å². The van der Waals surface area contributed by atoms with E-state index in [0.717, 1.165) is 12.5 Å². The van der Waals surface area contributed by atoms with Gasteiger partial charge in [-0.25, -0.2) is 0 Å². The highest BCUT2D eigenvalue weighted by Gasteiger charge is 2.36. The number of rotatable bonds is 3. The molecule has 2 heteroatoms. The van der Waals surface area contributed by atoms with E-state index < -0.39 is 0 Å². The van der Waals surface area contributed by atoms with Crippen LogP contribution < -0.4 is 5.32 Å². The highest BCUT2D eigenvalue weighted by molar-refractivity contribution is 5.21. The van der Waals surface area contributed by atoms with Gasteiger partial charge in [0.15, 0.2) is 0 Å². The van der Waals surface area contributed by atoms with Gasteiger partial charge in [0.1, 0.15) is 0 Å². The molecule has 0 spiro atoms. The fourth-order valence-corrected chi connectivity index (χ4v) is 3.09. The fourth-order valence-electron chi connectivity index (χ4n) is 3.09. The molecule has 1 aliphatic carbocycles. The van der Waals surface area contributed by atoms with Crippen LogP contribution in [0.4, 0.5) is 0 Å². The Kier molecular flexibility index (Phi) is 3.53. The third kappa shape index (κ3) is 3.06. The lowest BCUT2D eigenvalue weighted by atomic mass is 9.91. The summed E-state index contributed by atoms with van der Waals surface area (Å²) < 4.78 is 0. The summed E-state index contributed by atoms with van der Waals surface area (Å²) in [4.78, 5) is 4.20. The first-order valence-corrected chi connectivity index (χ1v) is 6.61. The van der Waals surface area contributed by atoms with Crippen LogP contribution in [0.2, 0.25) is 0 Å². The average Bonchev–Trinajstić information content (AvgIpc) is 2.51. The van der Waals surface area contributed by atoms with E-state index in [1.54, 1.807) is 0 Å². The monoisotopic (exact) mass is 232 g/mol. The van der Waals surface area contributed by atoms with Crippen LogP contribution in [0.1, 0.15) is 44.7 Å². The smallest absolute Gasteiger partial charge is 0.0315 e. The molecule has 2 rings (SSSR count). The first kappa shape index (κ1) is 12.6. The van der Waals surface area contributed by atoms with E-state index in [1.165, 1.54) is 24.0 Å². The predicted molar refractivity (Wildman–Crippen MR) is 71.8 cm³/mol. The minimum atomic E-state index is 0.501. The normalized spacial score (nSPS) is 27.3. The van der Waals surface area contributed by atoms with Crippen molar-refractivity contribution in [3.05, 3.63) is 29.6 Å². The van der Waals surface area contributed by atoms with Crippen LogP contribution in [0, 0.1) is 18.3 Å². The van der Waals surface area contributed by atoms with E-state index in [0.29, 0.717) is 11.5 Å². The second-order valence-corrected chi connectivity index (χ2v) is 6.34. The van der Waals surface area contributed by atoms with Crippen LogP contribution >= 0.6 is 0 Å². The van der Waals surface area contributed by atoms with Crippen LogP contribution in [0.3, 0.4) is 0 Å². The van der Waals surface area contributed by atoms with Gasteiger partial charge in [0, 0.05) is 25.0 Å². The van der Waals surface area contributed by atoms with Gasteiger partial charge < -0.3 is 5.32 Å². The highest BCUT2D eigenvalue weighted by Crippen LogP contribution is 2.40. The van der Waals surface area contributed by atoms with Crippen molar-refractivity contribution in [2.45, 2.75) is 53.1 Å². The second-order valence-electron chi connectivity index (χ2n) is 6.34. The van der Waals surface area contributed by atoms with Crippen LogP contribution in [0.15, 0.2) is 18.5 Å². The largest absolute Gasteiger partial charge is 0.310 e. The van der Waals surface area contributed by atoms with Crippen LogP contribution in [-0.2, 0) is 6.54 Å². The molecule has 0 radical (unpaired) electrons.